The van der Waals surface area contributed by atoms with Gasteiger partial charge in [-0.25, -0.2) is 4.68 Å². The predicted molar refractivity (Wildman–Crippen MR) is 130 cm³/mol. The number of nitrogens with one attached hydrogen (secondary N) is 1. The first-order chi connectivity index (χ1) is 15.8. The van der Waals surface area contributed by atoms with Crippen molar-refractivity contribution in [3.63, 3.8) is 0 Å². The first-order valence-electron chi connectivity index (χ1n) is 10.00. The van der Waals surface area contributed by atoms with Crippen LogP contribution in [0, 0.1) is 25.2 Å². The van der Waals surface area contributed by atoms with E-state index in [1.54, 1.807) is 39.2 Å². The standard InChI is InChI=1S/C25H22BrN3O4/c1-16-12-17(2)29(25(31)22(16)14-27)28-24(30)11-5-18-4-10-23(32-3)19(13-18)15-33-21-8-6-20(26)7-9-21/h4-13H,15H2,1-3H3,(H,28,30)/b11-5+. The molecule has 168 valence electrons. The summed E-state index contributed by atoms with van der Waals surface area (Å²) in [4.78, 5) is 24.9. The number of nitrogens with zero attached hydrogens (tertiary/aromatic N) is 2. The first kappa shape index (κ1) is 23.8. The van der Waals surface area contributed by atoms with E-state index in [1.807, 2.05) is 42.5 Å². The van der Waals surface area contributed by atoms with Gasteiger partial charge in [-0.1, -0.05) is 22.0 Å². The van der Waals surface area contributed by atoms with Crippen LogP contribution < -0.4 is 20.5 Å². The second-order valence-corrected chi connectivity index (χ2v) is 8.14. The number of aryl methyl sites for hydroxylation is 2. The summed E-state index contributed by atoms with van der Waals surface area (Å²) in [6.45, 7) is 3.65. The van der Waals surface area contributed by atoms with Crippen molar-refractivity contribution in [2.75, 3.05) is 12.5 Å². The summed E-state index contributed by atoms with van der Waals surface area (Å²) < 4.78 is 13.3. The van der Waals surface area contributed by atoms with Gasteiger partial charge in [0.2, 0.25) is 0 Å². The molecule has 33 heavy (non-hydrogen) atoms. The number of hydrogen-bond acceptors (Lipinski definition) is 5. The van der Waals surface area contributed by atoms with Gasteiger partial charge in [-0.15, -0.1) is 0 Å². The molecule has 0 aliphatic rings. The number of ether oxygens (including phenoxy) is 2. The van der Waals surface area contributed by atoms with Gasteiger partial charge in [-0.05, 0) is 73.5 Å². The SMILES string of the molecule is COc1ccc(/C=C/C(=O)Nn2c(C)cc(C)c(C#N)c2=O)cc1COc1ccc(Br)cc1. The number of nitriles is 1. The fourth-order valence-electron chi connectivity index (χ4n) is 3.19. The Bertz CT molecular complexity index is 1300. The quantitative estimate of drug-likeness (QED) is 0.476. The Kier molecular flexibility index (Phi) is 7.70. The second-order valence-electron chi connectivity index (χ2n) is 7.22. The van der Waals surface area contributed by atoms with Gasteiger partial charge >= 0.3 is 0 Å². The number of aromatic nitrogens is 1. The lowest BCUT2D eigenvalue weighted by atomic mass is 10.1. The van der Waals surface area contributed by atoms with E-state index in [-0.39, 0.29) is 12.2 Å². The van der Waals surface area contributed by atoms with Crippen LogP contribution in [-0.4, -0.2) is 17.7 Å². The average molecular weight is 508 g/mol. The third kappa shape index (κ3) is 5.90. The summed E-state index contributed by atoms with van der Waals surface area (Å²) in [6.07, 6.45) is 2.94. The maximum Gasteiger partial charge on any atom is 0.287 e. The lowest BCUT2D eigenvalue weighted by Gasteiger charge is -2.12. The molecular formula is C25H22BrN3O4. The highest BCUT2D eigenvalue weighted by Gasteiger charge is 2.11. The molecule has 0 radical (unpaired) electrons. The van der Waals surface area contributed by atoms with E-state index in [4.69, 9.17) is 9.47 Å². The monoisotopic (exact) mass is 507 g/mol. The Hall–Kier alpha value is -3.83. The topological polar surface area (TPSA) is 93.4 Å². The number of amides is 1. The first-order valence-corrected chi connectivity index (χ1v) is 10.8. The summed E-state index contributed by atoms with van der Waals surface area (Å²) in [6, 6.07) is 16.5. The van der Waals surface area contributed by atoms with Crippen molar-refractivity contribution < 1.29 is 14.3 Å². The normalized spacial score (nSPS) is 10.6. The van der Waals surface area contributed by atoms with Crippen LogP contribution in [-0.2, 0) is 11.4 Å². The van der Waals surface area contributed by atoms with Crippen LogP contribution in [0.3, 0.4) is 0 Å². The molecule has 2 aromatic carbocycles. The maximum absolute atomic E-state index is 12.4. The number of halogens is 1. The number of hydrogen-bond donors (Lipinski definition) is 1. The fraction of sp³-hybridized carbons (Fsp3) is 0.160. The minimum Gasteiger partial charge on any atom is -0.496 e. The maximum atomic E-state index is 12.4. The number of rotatable bonds is 7. The number of carbonyl (C=O) groups is 1. The molecule has 1 aromatic heterocycles. The Labute approximate surface area is 200 Å². The molecule has 3 aromatic rings. The average Bonchev–Trinajstić information content (AvgIpc) is 2.80. The van der Waals surface area contributed by atoms with Crippen LogP contribution in [0.5, 0.6) is 11.5 Å². The van der Waals surface area contributed by atoms with Gasteiger partial charge < -0.3 is 9.47 Å². The number of pyridine rings is 1. The summed E-state index contributed by atoms with van der Waals surface area (Å²) in [5.74, 6) is 0.882. The second kappa shape index (κ2) is 10.7. The van der Waals surface area contributed by atoms with Gasteiger partial charge in [0.25, 0.3) is 11.5 Å². The van der Waals surface area contributed by atoms with Crippen LogP contribution in [0.25, 0.3) is 6.08 Å². The molecule has 0 spiro atoms. The lowest BCUT2D eigenvalue weighted by Crippen LogP contribution is -2.35. The van der Waals surface area contributed by atoms with E-state index < -0.39 is 11.5 Å². The Morgan fingerprint density at radius 3 is 2.58 bits per heavy atom. The van der Waals surface area contributed by atoms with Crippen molar-refractivity contribution in [1.29, 1.82) is 5.26 Å². The largest absolute Gasteiger partial charge is 0.496 e. The van der Waals surface area contributed by atoms with Crippen LogP contribution in [0.2, 0.25) is 0 Å². The molecule has 8 heteroatoms. The minimum absolute atomic E-state index is 0.00421. The smallest absolute Gasteiger partial charge is 0.287 e. The van der Waals surface area contributed by atoms with Crippen LogP contribution >= 0.6 is 15.9 Å². The van der Waals surface area contributed by atoms with Gasteiger partial charge in [0.15, 0.2) is 0 Å². The van der Waals surface area contributed by atoms with Crippen molar-refractivity contribution in [2.45, 2.75) is 20.5 Å². The molecule has 0 bridgehead atoms. The molecular weight excluding hydrogens is 486 g/mol. The van der Waals surface area contributed by atoms with Crippen molar-refractivity contribution in [3.05, 3.63) is 97.4 Å². The Morgan fingerprint density at radius 2 is 1.91 bits per heavy atom. The Balaban J connectivity index is 1.75. The Morgan fingerprint density at radius 1 is 1.18 bits per heavy atom. The molecule has 0 atom stereocenters. The van der Waals surface area contributed by atoms with Crippen molar-refractivity contribution in [3.8, 4) is 17.6 Å². The molecule has 0 saturated carbocycles. The van der Waals surface area contributed by atoms with Crippen LogP contribution in [0.4, 0.5) is 0 Å². The van der Waals surface area contributed by atoms with E-state index in [0.29, 0.717) is 17.0 Å². The molecule has 3 rings (SSSR count). The van der Waals surface area contributed by atoms with Crippen molar-refractivity contribution in [2.24, 2.45) is 0 Å². The molecule has 0 fully saturated rings. The highest BCUT2D eigenvalue weighted by atomic mass is 79.9. The zero-order chi connectivity index (χ0) is 24.0. The van der Waals surface area contributed by atoms with E-state index in [9.17, 15) is 14.9 Å². The number of methoxy groups -OCH3 is 1. The molecule has 0 saturated heterocycles. The highest BCUT2D eigenvalue weighted by molar-refractivity contribution is 9.10. The summed E-state index contributed by atoms with van der Waals surface area (Å²) in [7, 11) is 1.58. The summed E-state index contributed by atoms with van der Waals surface area (Å²) in [5, 5.41) is 9.19. The molecule has 1 amide bonds. The van der Waals surface area contributed by atoms with Crippen LogP contribution in [0.1, 0.15) is 27.9 Å². The van der Waals surface area contributed by atoms with Crippen LogP contribution in [0.15, 0.2) is 63.9 Å². The molecule has 0 unspecified atom stereocenters. The van der Waals surface area contributed by atoms with Gasteiger partial charge in [0, 0.05) is 21.8 Å². The van der Waals surface area contributed by atoms with E-state index in [0.717, 1.165) is 26.0 Å². The fourth-order valence-corrected chi connectivity index (χ4v) is 3.46. The number of carbonyl (C=O) groups excluding carboxylic acids is 1. The third-order valence-corrected chi connectivity index (χ3v) is 5.39. The summed E-state index contributed by atoms with van der Waals surface area (Å²) in [5.41, 5.74) is 4.61. The van der Waals surface area contributed by atoms with Crippen molar-refractivity contribution in [1.82, 2.24) is 4.68 Å². The zero-order valence-electron chi connectivity index (χ0n) is 18.4. The van der Waals surface area contributed by atoms with Gasteiger partial charge in [0.05, 0.1) is 7.11 Å². The van der Waals surface area contributed by atoms with E-state index >= 15 is 0 Å². The van der Waals surface area contributed by atoms with Gasteiger partial charge in [-0.2, -0.15) is 5.26 Å². The third-order valence-electron chi connectivity index (χ3n) is 4.86. The van der Waals surface area contributed by atoms with E-state index in [1.165, 1.54) is 6.08 Å². The molecule has 1 N–H and O–H groups in total. The highest BCUT2D eigenvalue weighted by Crippen LogP contribution is 2.23. The minimum atomic E-state index is -0.562. The van der Waals surface area contributed by atoms with E-state index in [2.05, 4.69) is 21.4 Å². The molecule has 7 nitrogen and oxygen atoms in total. The summed E-state index contributed by atoms with van der Waals surface area (Å²) >= 11 is 3.39. The predicted octanol–water partition coefficient (Wildman–Crippen LogP) is 4.47. The van der Waals surface area contributed by atoms with Crippen molar-refractivity contribution >= 4 is 27.9 Å². The molecule has 0 aliphatic carbocycles. The number of benzene rings is 2. The molecule has 0 aliphatic heterocycles. The lowest BCUT2D eigenvalue weighted by molar-refractivity contribution is -0.112. The van der Waals surface area contributed by atoms with Gasteiger partial charge in [-0.3, -0.25) is 15.0 Å². The van der Waals surface area contributed by atoms with Gasteiger partial charge in [0.1, 0.15) is 29.7 Å². The molecule has 1 heterocycles. The zero-order valence-corrected chi connectivity index (χ0v) is 20.0.